The lowest BCUT2D eigenvalue weighted by atomic mass is 10.2. The molecule has 0 heterocycles. The Hall–Kier alpha value is -3.62. The number of nitrogens with two attached hydrogens (primary N) is 1. The molecule has 27 heavy (non-hydrogen) atoms. The number of halogens is 1. The van der Waals surface area contributed by atoms with E-state index in [1.165, 1.54) is 43.3 Å². The molecule has 8 nitrogen and oxygen atoms in total. The minimum atomic E-state index is -0.938. The highest BCUT2D eigenvalue weighted by atomic mass is 19.1. The summed E-state index contributed by atoms with van der Waals surface area (Å²) in [5, 5.41) is 0. The number of nitrogens with one attached hydrogen (secondary N) is 2. The Morgan fingerprint density at radius 1 is 1.07 bits per heavy atom. The molecule has 2 aromatic rings. The Morgan fingerprint density at radius 2 is 1.74 bits per heavy atom. The van der Waals surface area contributed by atoms with Gasteiger partial charge in [0.15, 0.2) is 12.7 Å². The van der Waals surface area contributed by atoms with E-state index in [9.17, 15) is 18.8 Å². The SMILES string of the molecule is C[C@H](Oc1ccc(F)cc1)C(=O)NNC(=O)COc1ccccc1C(N)=O. The molecule has 0 saturated carbocycles. The van der Waals surface area contributed by atoms with E-state index in [2.05, 4.69) is 10.9 Å². The van der Waals surface area contributed by atoms with Crippen molar-refractivity contribution in [3.05, 3.63) is 59.9 Å². The van der Waals surface area contributed by atoms with E-state index in [0.717, 1.165) is 0 Å². The maximum atomic E-state index is 12.8. The monoisotopic (exact) mass is 375 g/mol. The minimum Gasteiger partial charge on any atom is -0.483 e. The zero-order valence-electron chi connectivity index (χ0n) is 14.4. The van der Waals surface area contributed by atoms with E-state index >= 15 is 0 Å². The van der Waals surface area contributed by atoms with Crippen LogP contribution in [0.4, 0.5) is 4.39 Å². The summed E-state index contributed by atoms with van der Waals surface area (Å²) in [6.45, 7) is 1.02. The van der Waals surface area contributed by atoms with Crippen LogP contribution in [-0.4, -0.2) is 30.4 Å². The zero-order chi connectivity index (χ0) is 19.8. The van der Waals surface area contributed by atoms with E-state index in [-0.39, 0.29) is 11.3 Å². The van der Waals surface area contributed by atoms with Gasteiger partial charge in [-0.15, -0.1) is 0 Å². The zero-order valence-corrected chi connectivity index (χ0v) is 14.4. The predicted molar refractivity (Wildman–Crippen MR) is 93.2 cm³/mol. The largest absolute Gasteiger partial charge is 0.483 e. The molecule has 0 aliphatic carbocycles. The topological polar surface area (TPSA) is 120 Å². The minimum absolute atomic E-state index is 0.135. The molecule has 0 radical (unpaired) electrons. The summed E-state index contributed by atoms with van der Waals surface area (Å²) in [6.07, 6.45) is -0.938. The van der Waals surface area contributed by atoms with Gasteiger partial charge in [0.1, 0.15) is 17.3 Å². The molecule has 2 rings (SSSR count). The number of carbonyl (C=O) groups excluding carboxylic acids is 3. The summed E-state index contributed by atoms with van der Waals surface area (Å²) < 4.78 is 23.4. The van der Waals surface area contributed by atoms with Crippen molar-refractivity contribution in [2.24, 2.45) is 5.73 Å². The van der Waals surface area contributed by atoms with Crippen molar-refractivity contribution in [1.82, 2.24) is 10.9 Å². The Kier molecular flexibility index (Phi) is 6.70. The molecule has 4 N–H and O–H groups in total. The molecule has 0 spiro atoms. The van der Waals surface area contributed by atoms with Gasteiger partial charge in [0, 0.05) is 0 Å². The molecule has 0 unspecified atom stereocenters. The molecule has 0 aromatic heterocycles. The van der Waals surface area contributed by atoms with Gasteiger partial charge < -0.3 is 15.2 Å². The fourth-order valence-electron chi connectivity index (χ4n) is 1.98. The average Bonchev–Trinajstić information content (AvgIpc) is 2.66. The molecule has 0 aliphatic heterocycles. The van der Waals surface area contributed by atoms with Gasteiger partial charge in [-0.1, -0.05) is 12.1 Å². The molecular weight excluding hydrogens is 357 g/mol. The van der Waals surface area contributed by atoms with Gasteiger partial charge in [0.2, 0.25) is 0 Å². The lowest BCUT2D eigenvalue weighted by Crippen LogP contribution is -2.48. The van der Waals surface area contributed by atoms with Gasteiger partial charge in [0.05, 0.1) is 5.56 Å². The standard InChI is InChI=1S/C18H18FN3O5/c1-11(27-13-8-6-12(19)7-9-13)18(25)22-21-16(23)10-26-15-5-3-2-4-14(15)17(20)24/h2-9,11H,10H2,1H3,(H2,20,24)(H,21,23)(H,22,25)/t11-/m0/s1. The molecule has 142 valence electrons. The van der Waals surface area contributed by atoms with Gasteiger partial charge in [-0.3, -0.25) is 25.2 Å². The quantitative estimate of drug-likeness (QED) is 0.622. The van der Waals surface area contributed by atoms with Crippen LogP contribution >= 0.6 is 0 Å². The first-order valence-electron chi connectivity index (χ1n) is 7.89. The normalized spacial score (nSPS) is 11.2. The smallest absolute Gasteiger partial charge is 0.279 e. The van der Waals surface area contributed by atoms with Crippen LogP contribution in [0.25, 0.3) is 0 Å². The maximum absolute atomic E-state index is 12.8. The van der Waals surface area contributed by atoms with Crippen LogP contribution in [0, 0.1) is 5.82 Å². The number of para-hydroxylation sites is 1. The Morgan fingerprint density at radius 3 is 2.41 bits per heavy atom. The predicted octanol–water partition coefficient (Wildman–Crippen LogP) is 0.918. The van der Waals surface area contributed by atoms with Crippen molar-refractivity contribution in [2.45, 2.75) is 13.0 Å². The summed E-state index contributed by atoms with van der Waals surface area (Å²) in [6, 6.07) is 11.3. The maximum Gasteiger partial charge on any atom is 0.279 e. The number of hydrazine groups is 1. The molecule has 9 heteroatoms. The van der Waals surface area contributed by atoms with Crippen LogP contribution < -0.4 is 26.1 Å². The Labute approximate surface area is 154 Å². The van der Waals surface area contributed by atoms with Crippen molar-refractivity contribution >= 4 is 17.7 Å². The van der Waals surface area contributed by atoms with E-state index < -0.39 is 36.2 Å². The number of benzene rings is 2. The second-order valence-electron chi connectivity index (χ2n) is 5.40. The molecule has 3 amide bonds. The highest BCUT2D eigenvalue weighted by Crippen LogP contribution is 2.16. The van der Waals surface area contributed by atoms with E-state index in [1.54, 1.807) is 12.1 Å². The van der Waals surface area contributed by atoms with Crippen LogP contribution in [-0.2, 0) is 9.59 Å². The van der Waals surface area contributed by atoms with Crippen molar-refractivity contribution < 1.29 is 28.2 Å². The third kappa shape index (κ3) is 5.99. The average molecular weight is 375 g/mol. The Balaban J connectivity index is 1.78. The van der Waals surface area contributed by atoms with Gasteiger partial charge in [-0.05, 0) is 43.3 Å². The van der Waals surface area contributed by atoms with Crippen LogP contribution in [0.1, 0.15) is 17.3 Å². The summed E-state index contributed by atoms with van der Waals surface area (Å²) >= 11 is 0. The number of ether oxygens (including phenoxy) is 2. The van der Waals surface area contributed by atoms with Crippen molar-refractivity contribution in [1.29, 1.82) is 0 Å². The number of primary amides is 1. The molecule has 0 bridgehead atoms. The molecule has 0 aliphatic rings. The van der Waals surface area contributed by atoms with Crippen molar-refractivity contribution in [2.75, 3.05) is 6.61 Å². The first-order chi connectivity index (χ1) is 12.9. The highest BCUT2D eigenvalue weighted by molar-refractivity contribution is 5.95. The number of hydrogen-bond acceptors (Lipinski definition) is 5. The van der Waals surface area contributed by atoms with Gasteiger partial charge in [-0.2, -0.15) is 0 Å². The molecular formula is C18H18FN3O5. The third-order valence-electron chi connectivity index (χ3n) is 3.33. The third-order valence-corrected chi connectivity index (χ3v) is 3.33. The first kappa shape index (κ1) is 19.7. The van der Waals surface area contributed by atoms with Gasteiger partial charge in [-0.25, -0.2) is 4.39 Å². The molecule has 1 atom stereocenters. The number of carbonyl (C=O) groups is 3. The summed E-state index contributed by atoms with van der Waals surface area (Å²) in [5.41, 5.74) is 9.68. The second kappa shape index (κ2) is 9.18. The molecule has 0 fully saturated rings. The lowest BCUT2D eigenvalue weighted by molar-refractivity contribution is -0.133. The Bertz CT molecular complexity index is 826. The number of rotatable bonds is 7. The van der Waals surface area contributed by atoms with Gasteiger partial charge >= 0.3 is 0 Å². The van der Waals surface area contributed by atoms with E-state index in [0.29, 0.717) is 5.75 Å². The first-order valence-corrected chi connectivity index (χ1v) is 7.89. The van der Waals surface area contributed by atoms with Crippen LogP contribution in [0.2, 0.25) is 0 Å². The second-order valence-corrected chi connectivity index (χ2v) is 5.40. The van der Waals surface area contributed by atoms with Crippen molar-refractivity contribution in [3.8, 4) is 11.5 Å². The summed E-state index contributed by atoms with van der Waals surface area (Å²) in [4.78, 5) is 35.0. The fraction of sp³-hybridized carbons (Fsp3) is 0.167. The van der Waals surface area contributed by atoms with Crippen LogP contribution in [0.3, 0.4) is 0 Å². The fourth-order valence-corrected chi connectivity index (χ4v) is 1.98. The van der Waals surface area contributed by atoms with Crippen LogP contribution in [0.5, 0.6) is 11.5 Å². The van der Waals surface area contributed by atoms with Gasteiger partial charge in [0.25, 0.3) is 17.7 Å². The molecule has 2 aromatic carbocycles. The van der Waals surface area contributed by atoms with E-state index in [4.69, 9.17) is 15.2 Å². The van der Waals surface area contributed by atoms with Crippen LogP contribution in [0.15, 0.2) is 48.5 Å². The highest BCUT2D eigenvalue weighted by Gasteiger charge is 2.16. The van der Waals surface area contributed by atoms with E-state index in [1.807, 2.05) is 0 Å². The summed E-state index contributed by atoms with van der Waals surface area (Å²) in [7, 11) is 0. The van der Waals surface area contributed by atoms with Crippen molar-refractivity contribution in [3.63, 3.8) is 0 Å². The number of hydrogen-bond donors (Lipinski definition) is 3. The summed E-state index contributed by atoms with van der Waals surface area (Å²) in [5.74, 6) is -1.94. The molecule has 0 saturated heterocycles. The lowest BCUT2D eigenvalue weighted by Gasteiger charge is -2.15. The number of amides is 3.